The minimum atomic E-state index is -1.45. The van der Waals surface area contributed by atoms with Crippen molar-refractivity contribution >= 4 is 29.1 Å². The lowest BCUT2D eigenvalue weighted by Crippen LogP contribution is -2.55. The summed E-state index contributed by atoms with van der Waals surface area (Å²) in [5.41, 5.74) is 7.36. The highest BCUT2D eigenvalue weighted by atomic mass is 35.5. The quantitative estimate of drug-likeness (QED) is 0.0880. The molecule has 354 valence electrons. The van der Waals surface area contributed by atoms with Crippen molar-refractivity contribution in [3.05, 3.63) is 160 Å². The van der Waals surface area contributed by atoms with Crippen molar-refractivity contribution in [3.63, 3.8) is 0 Å². The molecule has 10 rings (SSSR count). The molecule has 67 heavy (non-hydrogen) atoms. The smallest absolute Gasteiger partial charge is 0.165 e. The van der Waals surface area contributed by atoms with Crippen molar-refractivity contribution in [1.29, 1.82) is 0 Å². The lowest BCUT2D eigenvalue weighted by molar-refractivity contribution is -0.231. The zero-order valence-electron chi connectivity index (χ0n) is 36.3. The van der Waals surface area contributed by atoms with Crippen LogP contribution in [0.15, 0.2) is 125 Å². The van der Waals surface area contributed by atoms with E-state index in [9.17, 15) is 40.9 Å². The van der Waals surface area contributed by atoms with Crippen LogP contribution in [-0.4, -0.2) is 121 Å². The van der Waals surface area contributed by atoms with E-state index in [2.05, 4.69) is 47.8 Å². The summed E-state index contributed by atoms with van der Waals surface area (Å²) >= 11 is 8.41. The van der Waals surface area contributed by atoms with Crippen LogP contribution in [0.5, 0.6) is 17.2 Å². The van der Waals surface area contributed by atoms with Gasteiger partial charge < -0.3 is 69.5 Å². The third-order valence-electron chi connectivity index (χ3n) is 12.9. The van der Waals surface area contributed by atoms with Gasteiger partial charge in [0.1, 0.15) is 85.4 Å². The first-order valence-electron chi connectivity index (χ1n) is 22.3. The van der Waals surface area contributed by atoms with E-state index in [4.69, 9.17) is 35.0 Å². The largest absolute Gasteiger partial charge is 0.490 e. The second kappa shape index (κ2) is 20.9. The number of aliphatic hydroxyl groups is 8. The number of thioether (sulfide) groups is 1. The number of furan rings is 1. The number of nitrogens with one attached hydrogen (secondary N) is 1. The van der Waals surface area contributed by atoms with E-state index in [1.165, 1.54) is 23.0 Å². The number of aliphatic hydroxyl groups excluding tert-OH is 8. The van der Waals surface area contributed by atoms with Crippen LogP contribution in [0.1, 0.15) is 51.2 Å². The summed E-state index contributed by atoms with van der Waals surface area (Å²) in [5.74, 6) is 2.49. The van der Waals surface area contributed by atoms with Crippen molar-refractivity contribution < 1.29 is 64.2 Å². The fourth-order valence-corrected chi connectivity index (χ4v) is 10.7. The molecule has 2 fully saturated rings. The van der Waals surface area contributed by atoms with Gasteiger partial charge in [-0.05, 0) is 94.1 Å². The fourth-order valence-electron chi connectivity index (χ4n) is 9.18. The van der Waals surface area contributed by atoms with E-state index in [-0.39, 0.29) is 0 Å². The number of fused-ring (bicyclic) bond motifs is 3. The van der Waals surface area contributed by atoms with E-state index in [1.54, 1.807) is 30.3 Å². The van der Waals surface area contributed by atoms with Crippen molar-refractivity contribution in [2.24, 2.45) is 5.92 Å². The Morgan fingerprint density at radius 1 is 0.687 bits per heavy atom. The predicted octanol–water partition coefficient (Wildman–Crippen LogP) is 5.19. The van der Waals surface area contributed by atoms with E-state index in [0.29, 0.717) is 58.3 Å². The standard InChI is InChI=1S/C26H27ClO5S.C25H27NO8/c27-19-8-7-17(26-25(31)24(30)23(29)20(13-28)32-26)12-18(19)9-14-5-6-16-11-15-3-1-2-4-21(15)33-22(16)10-14;27-12-21-22(28)23(29)24(30)25(34-21)15-2-4-19(33-17-5-7-31-13-17)16(11-15)9-14-1-3-20-18(10-14)26-6-8-32-20/h1-8,10,12,15,20-21,23-26,28-31H,9,11,13H2;1-5,7,10-11,13,21-30H,6,8-9,12H2/t15?,20-,21?,23-,24+,25-,26+;21-,22-,23+,24-,25+/m11/s1. The van der Waals surface area contributed by atoms with Crippen molar-refractivity contribution in [2.75, 3.05) is 31.7 Å². The Kier molecular flexibility index (Phi) is 14.8. The number of allylic oxidation sites excluding steroid dienone is 3. The van der Waals surface area contributed by atoms with Crippen LogP contribution >= 0.6 is 23.4 Å². The number of halogens is 1. The van der Waals surface area contributed by atoms with Gasteiger partial charge in [-0.3, -0.25) is 0 Å². The van der Waals surface area contributed by atoms with E-state index < -0.39 is 74.3 Å². The maximum absolute atomic E-state index is 10.6. The van der Waals surface area contributed by atoms with Crippen LogP contribution in [0.25, 0.3) is 0 Å². The minimum Gasteiger partial charge on any atom is -0.490 e. The van der Waals surface area contributed by atoms with Gasteiger partial charge in [0.25, 0.3) is 0 Å². The summed E-state index contributed by atoms with van der Waals surface area (Å²) in [4.78, 5) is 1.30. The average Bonchev–Trinajstić information content (AvgIpc) is 3.87. The molecule has 0 amide bonds. The summed E-state index contributed by atoms with van der Waals surface area (Å²) < 4.78 is 28.3. The molecule has 12 atom stereocenters. The molecule has 1 aliphatic carbocycles. The monoisotopic (exact) mass is 955 g/mol. The predicted molar refractivity (Wildman–Crippen MR) is 250 cm³/mol. The van der Waals surface area contributed by atoms with Gasteiger partial charge in [0, 0.05) is 34.2 Å². The fraction of sp³-hybridized carbons (Fsp3) is 0.373. The molecule has 14 nitrogen and oxygen atoms in total. The molecule has 9 N–H and O–H groups in total. The van der Waals surface area contributed by atoms with Gasteiger partial charge in [0.05, 0.1) is 25.2 Å². The molecular formula is C51H54ClNO13S. The van der Waals surface area contributed by atoms with Crippen molar-refractivity contribution in [1.82, 2.24) is 0 Å². The maximum atomic E-state index is 10.6. The number of hydrogen-bond donors (Lipinski definition) is 9. The Hall–Kier alpha value is -4.72. The lowest BCUT2D eigenvalue weighted by Gasteiger charge is -2.40. The van der Waals surface area contributed by atoms with Crippen LogP contribution in [0, 0.1) is 5.92 Å². The number of rotatable bonds is 10. The van der Waals surface area contributed by atoms with E-state index in [0.717, 1.165) is 46.7 Å². The second-order valence-corrected chi connectivity index (χ2v) is 19.0. The topological polar surface area (TPSA) is 224 Å². The summed E-state index contributed by atoms with van der Waals surface area (Å²) in [6, 6.07) is 24.9. The van der Waals surface area contributed by atoms with E-state index in [1.807, 2.05) is 42.1 Å². The molecule has 1 aromatic heterocycles. The first-order valence-corrected chi connectivity index (χ1v) is 23.6. The normalized spacial score (nSPS) is 29.6. The molecule has 5 heterocycles. The summed E-state index contributed by atoms with van der Waals surface area (Å²) in [6.07, 6.45) is 1.91. The molecule has 0 spiro atoms. The van der Waals surface area contributed by atoms with E-state index >= 15 is 0 Å². The minimum absolute atomic E-state index is 0.457. The third kappa shape index (κ3) is 10.3. The van der Waals surface area contributed by atoms with Crippen LogP contribution in [-0.2, 0) is 28.7 Å². The summed E-state index contributed by atoms with van der Waals surface area (Å²) in [6.45, 7) is 0.412. The highest BCUT2D eigenvalue weighted by Gasteiger charge is 2.45. The highest BCUT2D eigenvalue weighted by molar-refractivity contribution is 8.00. The van der Waals surface area contributed by atoms with Crippen LogP contribution in [0.4, 0.5) is 5.69 Å². The average molecular weight is 957 g/mol. The molecule has 5 aliphatic rings. The maximum Gasteiger partial charge on any atom is 0.165 e. The zero-order valence-corrected chi connectivity index (χ0v) is 37.8. The van der Waals surface area contributed by atoms with Crippen LogP contribution < -0.4 is 14.8 Å². The SMILES string of the molecule is OC[C@H]1O[C@@H](c2ccc(Cl)c(Cc3ccc4c(c3)SC3C=CC=CC3C4)c2)[C@H](O)[C@@H](O)[C@@H]1O.OC[C@H]1O[C@@H](c2ccc(Oc3ccoc3)c(Cc3ccc4c(c3)NCCO4)c2)[C@H](O)[C@@H](O)[C@@H]1O. The molecule has 16 heteroatoms. The van der Waals surface area contributed by atoms with Gasteiger partial charge in [0.15, 0.2) is 5.75 Å². The van der Waals surface area contributed by atoms with Gasteiger partial charge in [-0.2, -0.15) is 0 Å². The number of benzene rings is 4. The van der Waals surface area contributed by atoms with Gasteiger partial charge in [-0.1, -0.05) is 72.3 Å². The number of ether oxygens (including phenoxy) is 4. The second-order valence-electron chi connectivity index (χ2n) is 17.4. The molecule has 4 aromatic carbocycles. The molecule has 0 radical (unpaired) electrons. The van der Waals surface area contributed by atoms with Gasteiger partial charge in [-0.25, -0.2) is 0 Å². The number of anilines is 1. The van der Waals surface area contributed by atoms with Gasteiger partial charge >= 0.3 is 0 Å². The van der Waals surface area contributed by atoms with Crippen molar-refractivity contribution in [2.45, 2.75) is 90.4 Å². The third-order valence-corrected chi connectivity index (χ3v) is 14.7. The Labute approximate surface area is 396 Å². The van der Waals surface area contributed by atoms with Crippen molar-refractivity contribution in [3.8, 4) is 17.2 Å². The Morgan fingerprint density at radius 3 is 2.04 bits per heavy atom. The molecule has 2 saturated heterocycles. The van der Waals surface area contributed by atoms with Crippen LogP contribution in [0.3, 0.4) is 0 Å². The lowest BCUT2D eigenvalue weighted by atomic mass is 9.89. The summed E-state index contributed by atoms with van der Waals surface area (Å²) in [5, 5.41) is 85.1. The Morgan fingerprint density at radius 2 is 1.34 bits per heavy atom. The molecule has 0 bridgehead atoms. The molecular weight excluding hydrogens is 902 g/mol. The highest BCUT2D eigenvalue weighted by Crippen LogP contribution is 2.43. The Balaban J connectivity index is 0.000000168. The van der Waals surface area contributed by atoms with Gasteiger partial charge in [0.2, 0.25) is 0 Å². The van der Waals surface area contributed by atoms with Gasteiger partial charge in [-0.15, -0.1) is 11.8 Å². The Bertz CT molecular complexity index is 2550. The first kappa shape index (κ1) is 47.4. The first-order chi connectivity index (χ1) is 32.5. The molecule has 2 unspecified atom stereocenters. The van der Waals surface area contributed by atoms with Crippen LogP contribution in [0.2, 0.25) is 5.02 Å². The molecule has 4 aliphatic heterocycles. The number of hydrogen-bond acceptors (Lipinski definition) is 15. The molecule has 0 saturated carbocycles. The molecule has 5 aromatic rings. The summed E-state index contributed by atoms with van der Waals surface area (Å²) in [7, 11) is 0. The zero-order chi connectivity index (χ0) is 46.8.